The topological polar surface area (TPSA) is 76.7 Å². The minimum Gasteiger partial charge on any atom is -0.395 e. The number of hydrogen-bond donors (Lipinski definition) is 2. The summed E-state index contributed by atoms with van der Waals surface area (Å²) in [7, 11) is 0. The number of nitrogens with one attached hydrogen (secondary N) is 2. The molecule has 6 nitrogen and oxygen atoms in total. The summed E-state index contributed by atoms with van der Waals surface area (Å²) in [6.45, 7) is 0. The lowest BCUT2D eigenvalue weighted by atomic mass is 9.65. The second-order valence-electron chi connectivity index (χ2n) is 7.03. The summed E-state index contributed by atoms with van der Waals surface area (Å²) in [6, 6.07) is 2.70. The third-order valence-corrected chi connectivity index (χ3v) is 5.70. The number of ether oxygens (including phenoxy) is 2. The van der Waals surface area contributed by atoms with Crippen molar-refractivity contribution in [1.82, 2.24) is 10.6 Å². The molecule has 1 aromatic carbocycles. The zero-order valence-electron chi connectivity index (χ0n) is 13.0. The lowest BCUT2D eigenvalue weighted by Gasteiger charge is -2.41. The van der Waals surface area contributed by atoms with E-state index in [1.54, 1.807) is 12.1 Å². The van der Waals surface area contributed by atoms with Crippen LogP contribution in [0.15, 0.2) is 18.2 Å². The first-order chi connectivity index (χ1) is 11.8. The molecule has 1 saturated heterocycles. The number of urea groups is 1. The van der Waals surface area contributed by atoms with Crippen molar-refractivity contribution in [3.63, 3.8) is 0 Å². The minimum absolute atomic E-state index is 0.0269. The van der Waals surface area contributed by atoms with Crippen molar-refractivity contribution in [1.29, 1.82) is 0 Å². The van der Waals surface area contributed by atoms with E-state index < -0.39 is 17.9 Å². The Morgan fingerprint density at radius 1 is 1.00 bits per heavy atom. The number of amides is 3. The van der Waals surface area contributed by atoms with Crippen molar-refractivity contribution >= 4 is 18.0 Å². The number of alkyl halides is 2. The molecule has 1 saturated carbocycles. The van der Waals surface area contributed by atoms with Crippen molar-refractivity contribution in [2.75, 3.05) is 0 Å². The Morgan fingerprint density at radius 2 is 1.68 bits per heavy atom. The molecule has 3 amide bonds. The average Bonchev–Trinajstić information content (AvgIpc) is 3.12. The predicted octanol–water partition coefficient (Wildman–Crippen LogP) is 2.42. The monoisotopic (exact) mass is 348 g/mol. The summed E-state index contributed by atoms with van der Waals surface area (Å²) in [5, 5.41) is 5.03. The largest absolute Gasteiger partial charge is 0.586 e. The Labute approximate surface area is 141 Å². The van der Waals surface area contributed by atoms with Crippen LogP contribution in [-0.2, 0) is 10.2 Å². The van der Waals surface area contributed by atoms with Crippen LogP contribution in [0, 0.1) is 0 Å². The quantitative estimate of drug-likeness (QED) is 0.706. The molecule has 2 aliphatic carbocycles. The number of rotatable bonds is 0. The average molecular weight is 348 g/mol. The van der Waals surface area contributed by atoms with Crippen LogP contribution in [0.25, 0.3) is 6.08 Å². The second-order valence-corrected chi connectivity index (χ2v) is 7.03. The van der Waals surface area contributed by atoms with E-state index in [9.17, 15) is 18.4 Å². The molecule has 25 heavy (non-hydrogen) atoms. The van der Waals surface area contributed by atoms with Gasteiger partial charge in [0.2, 0.25) is 0 Å². The number of fused-ring (bicyclic) bond motifs is 3. The standard InChI is InChI=1S/C17H14F2N2O4/c18-17(19)24-11-7-9-1-2-15(10(9)8-12(11)25-17)3-5-16(6-4-15)13(22)20-14(23)21-16/h1-2,7-8H,3-6H2,(H2,20,21,22,23). The molecule has 2 aliphatic heterocycles. The number of allylic oxidation sites excluding steroid dienone is 1. The molecular weight excluding hydrogens is 334 g/mol. The fourth-order valence-electron chi connectivity index (χ4n) is 4.36. The van der Waals surface area contributed by atoms with Crippen LogP contribution >= 0.6 is 0 Å². The van der Waals surface area contributed by atoms with Gasteiger partial charge >= 0.3 is 12.3 Å². The van der Waals surface area contributed by atoms with E-state index in [2.05, 4.69) is 20.1 Å². The summed E-state index contributed by atoms with van der Waals surface area (Å²) in [5.41, 5.74) is 0.510. The zero-order valence-corrected chi connectivity index (χ0v) is 13.0. The molecule has 2 spiro atoms. The van der Waals surface area contributed by atoms with Crippen molar-refractivity contribution in [2.24, 2.45) is 0 Å². The van der Waals surface area contributed by atoms with Crippen molar-refractivity contribution in [3.05, 3.63) is 29.3 Å². The molecule has 0 aromatic heterocycles. The maximum Gasteiger partial charge on any atom is 0.586 e. The van der Waals surface area contributed by atoms with Crippen LogP contribution in [0.5, 0.6) is 11.5 Å². The van der Waals surface area contributed by atoms with Gasteiger partial charge in [0.05, 0.1) is 0 Å². The van der Waals surface area contributed by atoms with Crippen LogP contribution in [0.3, 0.4) is 0 Å². The molecular formula is C17H14F2N2O4. The molecule has 0 atom stereocenters. The first kappa shape index (κ1) is 14.7. The Bertz CT molecular complexity index is 856. The fraction of sp³-hybridized carbons (Fsp3) is 0.412. The highest BCUT2D eigenvalue weighted by atomic mass is 19.3. The SMILES string of the molecule is O=C1NC(=O)C2(CCC3(C=Cc4cc5c(cc43)OC(F)(F)O5)CC2)N1. The summed E-state index contributed by atoms with van der Waals surface area (Å²) in [6.07, 6.45) is 2.52. The second kappa shape index (κ2) is 4.30. The predicted molar refractivity (Wildman–Crippen MR) is 81.2 cm³/mol. The Balaban J connectivity index is 1.47. The lowest BCUT2D eigenvalue weighted by molar-refractivity contribution is -0.286. The number of hydrogen-bond acceptors (Lipinski definition) is 4. The molecule has 130 valence electrons. The van der Waals surface area contributed by atoms with Gasteiger partial charge in [0.25, 0.3) is 5.91 Å². The van der Waals surface area contributed by atoms with Gasteiger partial charge in [-0.15, -0.1) is 8.78 Å². The van der Waals surface area contributed by atoms with E-state index in [4.69, 9.17) is 0 Å². The molecule has 2 heterocycles. The number of imide groups is 1. The highest BCUT2D eigenvalue weighted by Crippen LogP contribution is 2.53. The lowest BCUT2D eigenvalue weighted by Crippen LogP contribution is -2.51. The van der Waals surface area contributed by atoms with Gasteiger partial charge in [0.15, 0.2) is 11.5 Å². The van der Waals surface area contributed by atoms with Crippen LogP contribution < -0.4 is 20.1 Å². The Kier molecular flexibility index (Phi) is 2.53. The van der Waals surface area contributed by atoms with Gasteiger partial charge in [-0.25, -0.2) is 4.79 Å². The van der Waals surface area contributed by atoms with Gasteiger partial charge in [-0.05, 0) is 48.9 Å². The fourth-order valence-corrected chi connectivity index (χ4v) is 4.36. The smallest absolute Gasteiger partial charge is 0.395 e. The summed E-state index contributed by atoms with van der Waals surface area (Å²) in [4.78, 5) is 23.6. The molecule has 1 aromatic rings. The van der Waals surface area contributed by atoms with Crippen LogP contribution in [0.4, 0.5) is 13.6 Å². The number of carbonyl (C=O) groups is 2. The summed E-state index contributed by atoms with van der Waals surface area (Å²) >= 11 is 0. The molecule has 2 fully saturated rings. The number of carbonyl (C=O) groups excluding carboxylic acids is 2. The van der Waals surface area contributed by atoms with E-state index in [-0.39, 0.29) is 22.8 Å². The number of halogens is 2. The van der Waals surface area contributed by atoms with E-state index in [0.717, 1.165) is 11.1 Å². The van der Waals surface area contributed by atoms with Crippen LogP contribution in [-0.4, -0.2) is 23.8 Å². The summed E-state index contributed by atoms with van der Waals surface area (Å²) < 4.78 is 35.7. The van der Waals surface area contributed by atoms with Gasteiger partial charge in [-0.1, -0.05) is 12.2 Å². The molecule has 5 rings (SSSR count). The normalized spacial score (nSPS) is 33.7. The maximum absolute atomic E-state index is 13.3. The van der Waals surface area contributed by atoms with E-state index >= 15 is 0 Å². The van der Waals surface area contributed by atoms with Gasteiger partial charge in [0, 0.05) is 5.41 Å². The van der Waals surface area contributed by atoms with Gasteiger partial charge in [-0.3, -0.25) is 10.1 Å². The molecule has 0 radical (unpaired) electrons. The van der Waals surface area contributed by atoms with E-state index in [1.807, 2.05) is 12.2 Å². The Morgan fingerprint density at radius 3 is 2.32 bits per heavy atom. The first-order valence-corrected chi connectivity index (χ1v) is 8.08. The molecule has 4 aliphatic rings. The van der Waals surface area contributed by atoms with Gasteiger partial charge in [0.1, 0.15) is 5.54 Å². The molecule has 0 bridgehead atoms. The van der Waals surface area contributed by atoms with Crippen molar-refractivity contribution in [2.45, 2.75) is 42.9 Å². The maximum atomic E-state index is 13.3. The van der Waals surface area contributed by atoms with E-state index in [0.29, 0.717) is 25.7 Å². The third kappa shape index (κ3) is 1.93. The highest BCUT2D eigenvalue weighted by Gasteiger charge is 2.53. The molecule has 0 unspecified atom stereocenters. The molecule has 2 N–H and O–H groups in total. The van der Waals surface area contributed by atoms with Crippen LogP contribution in [0.1, 0.15) is 36.8 Å². The Hall–Kier alpha value is -2.64. The van der Waals surface area contributed by atoms with E-state index in [1.165, 1.54) is 0 Å². The van der Waals surface area contributed by atoms with Crippen molar-refractivity contribution in [3.8, 4) is 11.5 Å². The van der Waals surface area contributed by atoms with Gasteiger partial charge < -0.3 is 14.8 Å². The first-order valence-electron chi connectivity index (χ1n) is 8.08. The molecule has 8 heteroatoms. The zero-order chi connectivity index (χ0) is 17.4. The number of benzene rings is 1. The third-order valence-electron chi connectivity index (χ3n) is 5.70. The van der Waals surface area contributed by atoms with Crippen LogP contribution in [0.2, 0.25) is 0 Å². The van der Waals surface area contributed by atoms with Gasteiger partial charge in [-0.2, -0.15) is 0 Å². The summed E-state index contributed by atoms with van der Waals surface area (Å²) in [5.74, 6) is -0.237. The van der Waals surface area contributed by atoms with Crippen molar-refractivity contribution < 1.29 is 27.8 Å². The minimum atomic E-state index is -3.64. The highest BCUT2D eigenvalue weighted by molar-refractivity contribution is 6.07.